The highest BCUT2D eigenvalue weighted by Crippen LogP contribution is 2.18. The van der Waals surface area contributed by atoms with Gasteiger partial charge in [0.05, 0.1) is 0 Å². The first-order chi connectivity index (χ1) is 5.90. The molecular weight excluding hydrogens is 166 g/mol. The minimum absolute atomic E-state index is 0.0146. The molecule has 1 atom stereocenters. The van der Waals surface area contributed by atoms with Gasteiger partial charge in [-0.25, -0.2) is 0 Å². The van der Waals surface area contributed by atoms with E-state index in [0.717, 1.165) is 19.4 Å². The lowest BCUT2D eigenvalue weighted by molar-refractivity contribution is -0.159. The van der Waals surface area contributed by atoms with Crippen molar-refractivity contribution in [2.24, 2.45) is 0 Å². The fourth-order valence-corrected chi connectivity index (χ4v) is 1.58. The van der Waals surface area contributed by atoms with Crippen LogP contribution in [0.2, 0.25) is 0 Å². The Morgan fingerprint density at radius 2 is 2.08 bits per heavy atom. The van der Waals surface area contributed by atoms with Crippen LogP contribution in [0.4, 0.5) is 0 Å². The van der Waals surface area contributed by atoms with Crippen LogP contribution in [0.5, 0.6) is 0 Å². The monoisotopic (exact) mass is 185 g/mol. The molecule has 0 bridgehead atoms. The second-order valence-electron chi connectivity index (χ2n) is 4.67. The summed E-state index contributed by atoms with van der Waals surface area (Å²) in [6.45, 7) is 6.71. The fourth-order valence-electron chi connectivity index (χ4n) is 1.58. The molecule has 0 amide bonds. The Labute approximate surface area is 80.1 Å². The summed E-state index contributed by atoms with van der Waals surface area (Å²) in [4.78, 5) is 13.7. The van der Waals surface area contributed by atoms with Gasteiger partial charge < -0.3 is 4.74 Å². The van der Waals surface area contributed by atoms with E-state index < -0.39 is 0 Å². The van der Waals surface area contributed by atoms with Gasteiger partial charge in [-0.15, -0.1) is 0 Å². The van der Waals surface area contributed by atoms with Crippen molar-refractivity contribution in [1.29, 1.82) is 0 Å². The van der Waals surface area contributed by atoms with Crippen LogP contribution in [-0.4, -0.2) is 36.1 Å². The number of esters is 1. The van der Waals surface area contributed by atoms with Gasteiger partial charge in [-0.05, 0) is 47.2 Å². The summed E-state index contributed by atoms with van der Waals surface area (Å²) in [5, 5.41) is 0. The van der Waals surface area contributed by atoms with Crippen molar-refractivity contribution in [1.82, 2.24) is 4.90 Å². The van der Waals surface area contributed by atoms with Crippen LogP contribution in [0, 0.1) is 0 Å². The molecule has 13 heavy (non-hydrogen) atoms. The number of likely N-dealkylation sites (N-methyl/N-ethyl adjacent to an activating group) is 1. The second kappa shape index (κ2) is 3.66. The number of carbonyl (C=O) groups is 1. The van der Waals surface area contributed by atoms with E-state index >= 15 is 0 Å². The molecule has 3 heteroatoms. The molecule has 0 saturated carbocycles. The van der Waals surface area contributed by atoms with Crippen molar-refractivity contribution < 1.29 is 9.53 Å². The Hall–Kier alpha value is -0.570. The lowest BCUT2D eigenvalue weighted by Crippen LogP contribution is -2.38. The van der Waals surface area contributed by atoms with E-state index in [4.69, 9.17) is 4.74 Å². The first kappa shape index (κ1) is 10.5. The van der Waals surface area contributed by atoms with Crippen molar-refractivity contribution in [3.63, 3.8) is 0 Å². The van der Waals surface area contributed by atoms with Crippen LogP contribution in [-0.2, 0) is 9.53 Å². The van der Waals surface area contributed by atoms with Crippen molar-refractivity contribution in [3.05, 3.63) is 0 Å². The number of ether oxygens (including phenoxy) is 1. The highest BCUT2D eigenvalue weighted by molar-refractivity contribution is 5.76. The minimum atomic E-state index is -0.361. The molecule has 0 aromatic carbocycles. The van der Waals surface area contributed by atoms with E-state index in [1.165, 1.54) is 0 Å². The average Bonchev–Trinajstić information content (AvgIpc) is 2.30. The van der Waals surface area contributed by atoms with E-state index in [-0.39, 0.29) is 17.6 Å². The van der Waals surface area contributed by atoms with Crippen LogP contribution < -0.4 is 0 Å². The zero-order chi connectivity index (χ0) is 10.1. The third-order valence-electron chi connectivity index (χ3n) is 2.20. The van der Waals surface area contributed by atoms with Crippen molar-refractivity contribution >= 4 is 5.97 Å². The summed E-state index contributed by atoms with van der Waals surface area (Å²) in [5.41, 5.74) is -0.361. The summed E-state index contributed by atoms with van der Waals surface area (Å²) in [7, 11) is 1.97. The van der Waals surface area contributed by atoms with Gasteiger partial charge in [0.15, 0.2) is 0 Å². The summed E-state index contributed by atoms with van der Waals surface area (Å²) in [6, 6.07) is -0.0146. The molecule has 1 fully saturated rings. The number of nitrogens with zero attached hydrogens (tertiary/aromatic N) is 1. The molecule has 1 saturated heterocycles. The topological polar surface area (TPSA) is 29.5 Å². The maximum absolute atomic E-state index is 11.6. The fraction of sp³-hybridized carbons (Fsp3) is 0.900. The van der Waals surface area contributed by atoms with E-state index in [1.807, 2.05) is 27.8 Å². The van der Waals surface area contributed by atoms with Crippen molar-refractivity contribution in [3.8, 4) is 0 Å². The maximum atomic E-state index is 11.6. The smallest absolute Gasteiger partial charge is 0.323 e. The predicted octanol–water partition coefficient (Wildman–Crippen LogP) is 1.42. The van der Waals surface area contributed by atoms with Gasteiger partial charge in [-0.2, -0.15) is 0 Å². The van der Waals surface area contributed by atoms with Crippen LogP contribution >= 0.6 is 0 Å². The predicted molar refractivity (Wildman–Crippen MR) is 51.5 cm³/mol. The third kappa shape index (κ3) is 2.99. The van der Waals surface area contributed by atoms with Crippen LogP contribution in [0.15, 0.2) is 0 Å². The quantitative estimate of drug-likeness (QED) is 0.579. The lowest BCUT2D eigenvalue weighted by Gasteiger charge is -2.24. The van der Waals surface area contributed by atoms with Gasteiger partial charge in [0.2, 0.25) is 0 Å². The van der Waals surface area contributed by atoms with Gasteiger partial charge >= 0.3 is 5.97 Å². The Morgan fingerprint density at radius 1 is 1.46 bits per heavy atom. The second-order valence-corrected chi connectivity index (χ2v) is 4.67. The zero-order valence-electron chi connectivity index (χ0n) is 8.96. The van der Waals surface area contributed by atoms with Gasteiger partial charge in [-0.1, -0.05) is 0 Å². The molecule has 1 unspecified atom stereocenters. The van der Waals surface area contributed by atoms with Crippen LogP contribution in [0.25, 0.3) is 0 Å². The molecule has 3 nitrogen and oxygen atoms in total. The Bertz CT molecular complexity index is 196. The Morgan fingerprint density at radius 3 is 2.46 bits per heavy atom. The average molecular weight is 185 g/mol. The molecule has 1 rings (SSSR count). The van der Waals surface area contributed by atoms with Gasteiger partial charge in [-0.3, -0.25) is 9.69 Å². The summed E-state index contributed by atoms with van der Waals surface area (Å²) < 4.78 is 5.31. The largest absolute Gasteiger partial charge is 0.459 e. The zero-order valence-corrected chi connectivity index (χ0v) is 8.96. The maximum Gasteiger partial charge on any atom is 0.323 e. The first-order valence-electron chi connectivity index (χ1n) is 4.83. The van der Waals surface area contributed by atoms with E-state index in [1.54, 1.807) is 0 Å². The third-order valence-corrected chi connectivity index (χ3v) is 2.20. The number of likely N-dealkylation sites (tertiary alicyclic amines) is 1. The molecule has 0 spiro atoms. The van der Waals surface area contributed by atoms with E-state index in [0.29, 0.717) is 0 Å². The summed E-state index contributed by atoms with van der Waals surface area (Å²) in [5.74, 6) is -0.0764. The first-order valence-corrected chi connectivity index (χ1v) is 4.83. The van der Waals surface area contributed by atoms with Gasteiger partial charge in [0, 0.05) is 0 Å². The molecular formula is C10H19NO2. The summed E-state index contributed by atoms with van der Waals surface area (Å²) >= 11 is 0. The number of hydrogen-bond donors (Lipinski definition) is 0. The highest BCUT2D eigenvalue weighted by Gasteiger charge is 2.31. The van der Waals surface area contributed by atoms with E-state index in [9.17, 15) is 4.79 Å². The normalized spacial score (nSPS) is 24.8. The van der Waals surface area contributed by atoms with E-state index in [2.05, 4.69) is 4.90 Å². The molecule has 76 valence electrons. The molecule has 1 aliphatic rings. The minimum Gasteiger partial charge on any atom is -0.459 e. The molecule has 0 aromatic rings. The Balaban J connectivity index is 2.48. The standard InChI is InChI=1S/C10H19NO2/c1-10(2,3)13-9(12)8-6-5-7-11(8)4/h8H,5-7H2,1-4H3. The highest BCUT2D eigenvalue weighted by atomic mass is 16.6. The van der Waals surface area contributed by atoms with Gasteiger partial charge in [0.1, 0.15) is 11.6 Å². The molecule has 1 aliphatic heterocycles. The van der Waals surface area contributed by atoms with Crippen LogP contribution in [0.3, 0.4) is 0 Å². The number of hydrogen-bond acceptors (Lipinski definition) is 3. The lowest BCUT2D eigenvalue weighted by atomic mass is 10.1. The summed E-state index contributed by atoms with van der Waals surface area (Å²) in [6.07, 6.45) is 2.03. The SMILES string of the molecule is CN1CCCC1C(=O)OC(C)(C)C. The molecule has 1 heterocycles. The number of carbonyl (C=O) groups excluding carboxylic acids is 1. The van der Waals surface area contributed by atoms with Gasteiger partial charge in [0.25, 0.3) is 0 Å². The Kier molecular flexibility index (Phi) is 2.96. The molecule has 0 radical (unpaired) electrons. The van der Waals surface area contributed by atoms with Crippen molar-refractivity contribution in [2.45, 2.75) is 45.3 Å². The van der Waals surface area contributed by atoms with Crippen LogP contribution in [0.1, 0.15) is 33.6 Å². The van der Waals surface area contributed by atoms with Crippen molar-refractivity contribution in [2.75, 3.05) is 13.6 Å². The molecule has 0 N–H and O–H groups in total. The molecule has 0 aliphatic carbocycles. The molecule has 0 aromatic heterocycles. The number of rotatable bonds is 1.